The molecule has 2 aromatic heterocycles. The predicted octanol–water partition coefficient (Wildman–Crippen LogP) is 0.721. The summed E-state index contributed by atoms with van der Waals surface area (Å²) in [5, 5.41) is 11.6. The molecule has 0 aliphatic carbocycles. The molecule has 0 fully saturated rings. The molecule has 0 atom stereocenters. The summed E-state index contributed by atoms with van der Waals surface area (Å²) in [7, 11) is 0. The molecule has 19 heavy (non-hydrogen) atoms. The second kappa shape index (κ2) is 5.48. The van der Waals surface area contributed by atoms with Crippen molar-refractivity contribution in [3.63, 3.8) is 0 Å². The topological polar surface area (TPSA) is 85.2 Å². The zero-order valence-electron chi connectivity index (χ0n) is 11.7. The summed E-state index contributed by atoms with van der Waals surface area (Å²) in [6.45, 7) is 8.86. The molecule has 0 spiro atoms. The summed E-state index contributed by atoms with van der Waals surface area (Å²) < 4.78 is 1.72. The fraction of sp³-hybridized carbons (Fsp3) is 0.667. The number of fused-ring (bicyclic) bond motifs is 1. The van der Waals surface area contributed by atoms with Crippen molar-refractivity contribution in [3.05, 3.63) is 12.4 Å². The molecule has 0 bridgehead atoms. The Kier molecular flexibility index (Phi) is 3.94. The Morgan fingerprint density at radius 1 is 1.37 bits per heavy atom. The monoisotopic (exact) mass is 263 g/mol. The van der Waals surface area contributed by atoms with E-state index < -0.39 is 0 Å². The number of tetrazole rings is 1. The van der Waals surface area contributed by atoms with E-state index in [2.05, 4.69) is 46.2 Å². The number of anilines is 1. The van der Waals surface area contributed by atoms with Crippen LogP contribution in [0.1, 0.15) is 27.2 Å². The molecule has 7 heteroatoms. The van der Waals surface area contributed by atoms with E-state index >= 15 is 0 Å². The lowest BCUT2D eigenvalue weighted by Gasteiger charge is -2.32. The average Bonchev–Trinajstić information content (AvgIpc) is 2.86. The van der Waals surface area contributed by atoms with E-state index in [1.165, 1.54) is 0 Å². The van der Waals surface area contributed by atoms with Gasteiger partial charge < -0.3 is 10.6 Å². The second-order valence-corrected chi connectivity index (χ2v) is 5.50. The van der Waals surface area contributed by atoms with E-state index in [1.807, 2.05) is 0 Å². The van der Waals surface area contributed by atoms with Crippen LogP contribution in [0.3, 0.4) is 0 Å². The maximum absolute atomic E-state index is 5.83. The molecule has 2 N–H and O–H groups in total. The number of hydrogen-bond donors (Lipinski definition) is 1. The fourth-order valence-electron chi connectivity index (χ4n) is 2.00. The van der Waals surface area contributed by atoms with Crippen LogP contribution in [0.15, 0.2) is 12.4 Å². The van der Waals surface area contributed by atoms with Gasteiger partial charge >= 0.3 is 0 Å². The van der Waals surface area contributed by atoms with Crippen LogP contribution in [-0.2, 0) is 0 Å². The van der Waals surface area contributed by atoms with Crippen molar-refractivity contribution < 1.29 is 0 Å². The largest absolute Gasteiger partial charge is 0.355 e. The van der Waals surface area contributed by atoms with Crippen molar-refractivity contribution in [3.8, 4) is 0 Å². The van der Waals surface area contributed by atoms with Crippen LogP contribution in [0.2, 0.25) is 0 Å². The van der Waals surface area contributed by atoms with E-state index in [0.29, 0.717) is 12.2 Å². The summed E-state index contributed by atoms with van der Waals surface area (Å²) in [6.07, 6.45) is 4.49. The van der Waals surface area contributed by atoms with Gasteiger partial charge in [0.25, 0.3) is 0 Å². The Labute approximate surface area is 112 Å². The maximum Gasteiger partial charge on any atom is 0.199 e. The van der Waals surface area contributed by atoms with Crippen LogP contribution in [0.25, 0.3) is 5.65 Å². The predicted molar refractivity (Wildman–Crippen MR) is 73.9 cm³/mol. The summed E-state index contributed by atoms with van der Waals surface area (Å²) in [5.74, 6) is 0.908. The minimum atomic E-state index is 0.0331. The standard InChI is InChI=1S/C12H21N7/c1-4-5-18(9-12(2,3)8-13)11-7-14-6-10-15-16-17-19(10)11/h6-7H,4-5,8-9,13H2,1-3H3. The van der Waals surface area contributed by atoms with Crippen molar-refractivity contribution in [2.75, 3.05) is 24.5 Å². The number of aromatic nitrogens is 5. The summed E-state index contributed by atoms with van der Waals surface area (Å²) in [4.78, 5) is 6.45. The number of nitrogens with zero attached hydrogens (tertiary/aromatic N) is 6. The highest BCUT2D eigenvalue weighted by molar-refractivity contribution is 5.46. The Morgan fingerprint density at radius 3 is 2.84 bits per heavy atom. The van der Waals surface area contributed by atoms with Crippen LogP contribution in [0.4, 0.5) is 5.82 Å². The van der Waals surface area contributed by atoms with Gasteiger partial charge in [0.1, 0.15) is 0 Å². The first-order chi connectivity index (χ1) is 9.07. The van der Waals surface area contributed by atoms with Crippen molar-refractivity contribution >= 4 is 11.5 Å². The molecule has 2 heterocycles. The third-order valence-corrected chi connectivity index (χ3v) is 3.08. The molecule has 0 aliphatic heterocycles. The fourth-order valence-corrected chi connectivity index (χ4v) is 2.00. The van der Waals surface area contributed by atoms with Gasteiger partial charge in [0, 0.05) is 13.1 Å². The molecule has 0 saturated heterocycles. The first-order valence-corrected chi connectivity index (χ1v) is 6.54. The Hall–Kier alpha value is -1.76. The molecule has 7 nitrogen and oxygen atoms in total. The lowest BCUT2D eigenvalue weighted by Crippen LogP contribution is -2.40. The van der Waals surface area contributed by atoms with Gasteiger partial charge in [0.15, 0.2) is 11.5 Å². The van der Waals surface area contributed by atoms with Gasteiger partial charge in [0.2, 0.25) is 0 Å². The highest BCUT2D eigenvalue weighted by Crippen LogP contribution is 2.21. The Morgan fingerprint density at radius 2 is 2.16 bits per heavy atom. The van der Waals surface area contributed by atoms with Gasteiger partial charge in [-0.05, 0) is 28.8 Å². The lowest BCUT2D eigenvalue weighted by atomic mass is 9.93. The van der Waals surface area contributed by atoms with Crippen molar-refractivity contribution in [2.24, 2.45) is 11.1 Å². The van der Waals surface area contributed by atoms with Crippen LogP contribution < -0.4 is 10.6 Å². The van der Waals surface area contributed by atoms with E-state index in [4.69, 9.17) is 5.73 Å². The third kappa shape index (κ3) is 2.98. The highest BCUT2D eigenvalue weighted by Gasteiger charge is 2.22. The average molecular weight is 263 g/mol. The van der Waals surface area contributed by atoms with Crippen molar-refractivity contribution in [2.45, 2.75) is 27.2 Å². The molecule has 0 saturated carbocycles. The third-order valence-electron chi connectivity index (χ3n) is 3.08. The van der Waals surface area contributed by atoms with Gasteiger partial charge in [-0.2, -0.15) is 4.52 Å². The van der Waals surface area contributed by atoms with Gasteiger partial charge in [-0.1, -0.05) is 20.8 Å². The number of hydrogen-bond acceptors (Lipinski definition) is 6. The van der Waals surface area contributed by atoms with Crippen LogP contribution >= 0.6 is 0 Å². The minimum absolute atomic E-state index is 0.0331. The first kappa shape index (κ1) is 13.7. The maximum atomic E-state index is 5.83. The zero-order chi connectivity index (χ0) is 13.9. The van der Waals surface area contributed by atoms with Crippen molar-refractivity contribution in [1.82, 2.24) is 25.0 Å². The minimum Gasteiger partial charge on any atom is -0.355 e. The van der Waals surface area contributed by atoms with E-state index in [0.717, 1.165) is 25.3 Å². The van der Waals surface area contributed by atoms with Crippen LogP contribution in [0.5, 0.6) is 0 Å². The molecule has 0 amide bonds. The molecule has 2 aromatic rings. The molecule has 0 aromatic carbocycles. The van der Waals surface area contributed by atoms with Crippen LogP contribution in [-0.4, -0.2) is 44.7 Å². The Bertz CT molecular complexity index is 534. The normalized spacial score (nSPS) is 12.0. The molecule has 0 radical (unpaired) electrons. The molecular formula is C12H21N7. The Balaban J connectivity index is 2.35. The lowest BCUT2D eigenvalue weighted by molar-refractivity contribution is 0.375. The SMILES string of the molecule is CCCN(CC(C)(C)CN)c1cncc2nnnn12. The summed E-state index contributed by atoms with van der Waals surface area (Å²) in [6, 6.07) is 0. The van der Waals surface area contributed by atoms with E-state index in [9.17, 15) is 0 Å². The number of rotatable bonds is 6. The van der Waals surface area contributed by atoms with E-state index in [1.54, 1.807) is 16.9 Å². The van der Waals surface area contributed by atoms with Gasteiger partial charge in [-0.15, -0.1) is 5.10 Å². The highest BCUT2D eigenvalue weighted by atomic mass is 15.5. The second-order valence-electron chi connectivity index (χ2n) is 5.50. The van der Waals surface area contributed by atoms with Crippen LogP contribution in [0, 0.1) is 5.41 Å². The smallest absolute Gasteiger partial charge is 0.199 e. The molecule has 0 unspecified atom stereocenters. The zero-order valence-corrected chi connectivity index (χ0v) is 11.7. The molecular weight excluding hydrogens is 242 g/mol. The van der Waals surface area contributed by atoms with Gasteiger partial charge in [-0.25, -0.2) is 0 Å². The number of nitrogens with two attached hydrogens (primary N) is 1. The summed E-state index contributed by atoms with van der Waals surface area (Å²) >= 11 is 0. The van der Waals surface area contributed by atoms with Gasteiger partial charge in [0.05, 0.1) is 12.4 Å². The van der Waals surface area contributed by atoms with Crippen molar-refractivity contribution in [1.29, 1.82) is 0 Å². The van der Waals surface area contributed by atoms with E-state index in [-0.39, 0.29) is 5.41 Å². The first-order valence-electron chi connectivity index (χ1n) is 6.54. The quantitative estimate of drug-likeness (QED) is 0.826. The molecule has 104 valence electrons. The summed E-state index contributed by atoms with van der Waals surface area (Å²) in [5.41, 5.74) is 6.52. The van der Waals surface area contributed by atoms with Gasteiger partial charge in [-0.3, -0.25) is 4.98 Å². The molecule has 2 rings (SSSR count). The molecule has 0 aliphatic rings.